The summed E-state index contributed by atoms with van der Waals surface area (Å²) < 4.78 is 10.3. The number of rotatable bonds is 5. The molecular weight excluding hydrogens is 262 g/mol. The molecule has 0 aliphatic rings. The molecule has 0 saturated heterocycles. The number of hydrogen-bond donors (Lipinski definition) is 1. The number of thiophene rings is 1. The fraction of sp³-hybridized carbons (Fsp3) is 0.214. The fourth-order valence-corrected chi connectivity index (χ4v) is 2.08. The van der Waals surface area contributed by atoms with Gasteiger partial charge in [-0.1, -0.05) is 0 Å². The molecule has 0 radical (unpaired) electrons. The largest absolute Gasteiger partial charge is 0.497 e. The Hall–Kier alpha value is -2.01. The minimum Gasteiger partial charge on any atom is -0.497 e. The quantitative estimate of drug-likeness (QED) is 0.853. The number of methoxy groups -OCH3 is 1. The zero-order valence-corrected chi connectivity index (χ0v) is 11.6. The number of anilines is 1. The van der Waals surface area contributed by atoms with E-state index >= 15 is 0 Å². The Morgan fingerprint density at radius 1 is 1.26 bits per heavy atom. The molecule has 0 aliphatic heterocycles. The van der Waals surface area contributed by atoms with Crippen LogP contribution < -0.4 is 14.8 Å². The van der Waals surface area contributed by atoms with Crippen LogP contribution in [0.4, 0.5) is 5.69 Å². The maximum atomic E-state index is 11.8. The molecule has 0 fully saturated rings. The second kappa shape index (κ2) is 6.24. The van der Waals surface area contributed by atoms with Crippen molar-refractivity contribution in [2.75, 3.05) is 12.4 Å². The maximum absolute atomic E-state index is 11.8. The number of esters is 1. The maximum Gasteiger partial charge on any atom is 0.334 e. The first kappa shape index (κ1) is 13.4. The van der Waals surface area contributed by atoms with Crippen LogP contribution in [0.2, 0.25) is 0 Å². The lowest BCUT2D eigenvalue weighted by atomic mass is 10.2. The van der Waals surface area contributed by atoms with Crippen LogP contribution >= 0.6 is 11.3 Å². The van der Waals surface area contributed by atoms with E-state index in [0.717, 1.165) is 11.4 Å². The Morgan fingerprint density at radius 2 is 2.00 bits per heavy atom. The molecule has 2 rings (SSSR count). The monoisotopic (exact) mass is 277 g/mol. The highest BCUT2D eigenvalue weighted by atomic mass is 32.1. The molecule has 2 aromatic rings. The Morgan fingerprint density at radius 3 is 2.58 bits per heavy atom. The van der Waals surface area contributed by atoms with E-state index in [-0.39, 0.29) is 5.97 Å². The van der Waals surface area contributed by atoms with Crippen LogP contribution in [0.1, 0.15) is 6.92 Å². The number of hydrogen-bond acceptors (Lipinski definition) is 5. The molecule has 1 unspecified atom stereocenters. The van der Waals surface area contributed by atoms with Crippen molar-refractivity contribution in [3.63, 3.8) is 0 Å². The Balaban J connectivity index is 1.92. The molecule has 1 aromatic heterocycles. The van der Waals surface area contributed by atoms with Crippen LogP contribution in [0.25, 0.3) is 0 Å². The molecule has 1 aromatic carbocycles. The molecule has 100 valence electrons. The summed E-state index contributed by atoms with van der Waals surface area (Å²) in [5.41, 5.74) is 0.844. The van der Waals surface area contributed by atoms with Crippen LogP contribution in [0.3, 0.4) is 0 Å². The summed E-state index contributed by atoms with van der Waals surface area (Å²) in [5, 5.41) is 5.55. The number of ether oxygens (including phenoxy) is 2. The molecule has 1 atom stereocenters. The van der Waals surface area contributed by atoms with Gasteiger partial charge in [0, 0.05) is 5.69 Å². The van der Waals surface area contributed by atoms with Crippen molar-refractivity contribution in [2.45, 2.75) is 13.0 Å². The van der Waals surface area contributed by atoms with Gasteiger partial charge in [0.05, 0.1) is 7.11 Å². The van der Waals surface area contributed by atoms with Gasteiger partial charge in [-0.15, -0.1) is 11.3 Å². The van der Waals surface area contributed by atoms with Gasteiger partial charge in [0.2, 0.25) is 0 Å². The normalized spacial score (nSPS) is 11.7. The topological polar surface area (TPSA) is 47.6 Å². The fourth-order valence-electron chi connectivity index (χ4n) is 1.51. The van der Waals surface area contributed by atoms with Crippen molar-refractivity contribution in [3.8, 4) is 10.8 Å². The van der Waals surface area contributed by atoms with E-state index in [0.29, 0.717) is 5.06 Å². The molecule has 4 nitrogen and oxygen atoms in total. The highest BCUT2D eigenvalue weighted by Gasteiger charge is 2.15. The molecule has 1 heterocycles. The summed E-state index contributed by atoms with van der Waals surface area (Å²) in [6, 6.07) is 10.6. The van der Waals surface area contributed by atoms with E-state index in [4.69, 9.17) is 9.47 Å². The first-order valence-corrected chi connectivity index (χ1v) is 6.73. The van der Waals surface area contributed by atoms with Crippen molar-refractivity contribution in [2.24, 2.45) is 0 Å². The minimum atomic E-state index is -0.421. The third-order valence-corrected chi connectivity index (χ3v) is 3.27. The smallest absolute Gasteiger partial charge is 0.334 e. The predicted molar refractivity (Wildman–Crippen MR) is 76.0 cm³/mol. The summed E-state index contributed by atoms with van der Waals surface area (Å²) in [6.45, 7) is 1.76. The van der Waals surface area contributed by atoms with Crippen molar-refractivity contribution in [1.82, 2.24) is 0 Å². The zero-order chi connectivity index (χ0) is 13.7. The number of carbonyl (C=O) groups is 1. The Labute approximate surface area is 116 Å². The first-order chi connectivity index (χ1) is 9.19. The van der Waals surface area contributed by atoms with Gasteiger partial charge >= 0.3 is 5.97 Å². The zero-order valence-electron chi connectivity index (χ0n) is 10.8. The lowest BCUT2D eigenvalue weighted by Gasteiger charge is -2.13. The number of carbonyl (C=O) groups excluding carboxylic acids is 1. The average Bonchev–Trinajstić information content (AvgIpc) is 2.92. The van der Waals surface area contributed by atoms with Crippen molar-refractivity contribution >= 4 is 23.0 Å². The third-order valence-electron chi connectivity index (χ3n) is 2.52. The molecule has 0 bridgehead atoms. The lowest BCUT2D eigenvalue weighted by Crippen LogP contribution is -2.30. The van der Waals surface area contributed by atoms with E-state index < -0.39 is 6.04 Å². The van der Waals surface area contributed by atoms with E-state index in [1.807, 2.05) is 35.7 Å². The van der Waals surface area contributed by atoms with Gasteiger partial charge < -0.3 is 14.8 Å². The Kier molecular flexibility index (Phi) is 4.41. The number of benzene rings is 1. The molecule has 0 aliphatic carbocycles. The summed E-state index contributed by atoms with van der Waals surface area (Å²) in [5.74, 6) is 0.470. The van der Waals surface area contributed by atoms with Crippen molar-refractivity contribution in [3.05, 3.63) is 41.8 Å². The lowest BCUT2D eigenvalue weighted by molar-refractivity contribution is -0.134. The second-order valence-electron chi connectivity index (χ2n) is 3.95. The highest BCUT2D eigenvalue weighted by Crippen LogP contribution is 2.20. The van der Waals surface area contributed by atoms with Crippen LogP contribution in [-0.4, -0.2) is 19.1 Å². The van der Waals surface area contributed by atoms with Crippen molar-refractivity contribution in [1.29, 1.82) is 0 Å². The van der Waals surface area contributed by atoms with Crippen LogP contribution in [0.5, 0.6) is 10.8 Å². The molecule has 1 N–H and O–H groups in total. The van der Waals surface area contributed by atoms with E-state index in [1.54, 1.807) is 20.1 Å². The van der Waals surface area contributed by atoms with Crippen LogP contribution in [0.15, 0.2) is 41.8 Å². The summed E-state index contributed by atoms with van der Waals surface area (Å²) in [7, 11) is 1.61. The van der Waals surface area contributed by atoms with Gasteiger partial charge in [-0.05, 0) is 48.7 Å². The van der Waals surface area contributed by atoms with E-state index in [1.165, 1.54) is 11.3 Å². The van der Waals surface area contributed by atoms with Crippen molar-refractivity contribution < 1.29 is 14.3 Å². The Bertz CT molecular complexity index is 522. The average molecular weight is 277 g/mol. The summed E-state index contributed by atoms with van der Waals surface area (Å²) >= 11 is 1.39. The van der Waals surface area contributed by atoms with Gasteiger partial charge in [-0.25, -0.2) is 4.79 Å². The molecular formula is C14H15NO3S. The summed E-state index contributed by atoms with van der Waals surface area (Å²) in [6.07, 6.45) is 0. The number of nitrogens with one attached hydrogen (secondary N) is 1. The second-order valence-corrected chi connectivity index (χ2v) is 4.86. The minimum absolute atomic E-state index is 0.307. The third kappa shape index (κ3) is 3.72. The van der Waals surface area contributed by atoms with Gasteiger partial charge in [0.15, 0.2) is 5.06 Å². The molecule has 0 saturated carbocycles. The predicted octanol–water partition coefficient (Wildman–Crippen LogP) is 3.16. The van der Waals surface area contributed by atoms with Gasteiger partial charge in [0.25, 0.3) is 0 Å². The van der Waals surface area contributed by atoms with Crippen LogP contribution in [0, 0.1) is 0 Å². The molecule has 5 heteroatoms. The molecule has 0 amide bonds. The van der Waals surface area contributed by atoms with E-state index in [9.17, 15) is 4.79 Å². The van der Waals surface area contributed by atoms with Crippen LogP contribution in [-0.2, 0) is 4.79 Å². The standard InChI is InChI=1S/C14H15NO3S/c1-10(14(16)18-13-4-3-9-19-13)15-11-5-7-12(17-2)8-6-11/h3-10,15H,1-2H3. The SMILES string of the molecule is COc1ccc(NC(C)C(=O)Oc2cccs2)cc1. The highest BCUT2D eigenvalue weighted by molar-refractivity contribution is 7.11. The van der Waals surface area contributed by atoms with Gasteiger partial charge in [-0.2, -0.15) is 0 Å². The van der Waals surface area contributed by atoms with Gasteiger partial charge in [-0.3, -0.25) is 0 Å². The molecule has 19 heavy (non-hydrogen) atoms. The first-order valence-electron chi connectivity index (χ1n) is 5.85. The van der Waals surface area contributed by atoms with Gasteiger partial charge in [0.1, 0.15) is 11.8 Å². The summed E-state index contributed by atoms with van der Waals surface area (Å²) in [4.78, 5) is 11.8. The molecule has 0 spiro atoms. The van der Waals surface area contributed by atoms with E-state index in [2.05, 4.69) is 5.32 Å².